The third kappa shape index (κ3) is 2.28. The number of pyridine rings is 1. The van der Waals surface area contributed by atoms with Gasteiger partial charge in [0, 0.05) is 11.6 Å². The van der Waals surface area contributed by atoms with E-state index < -0.39 is 17.2 Å². The first-order chi connectivity index (χ1) is 6.43. The Balaban J connectivity index is 3.03. The fraction of sp³-hybridized carbons (Fsp3) is 0.400. The van der Waals surface area contributed by atoms with Crippen LogP contribution in [-0.4, -0.2) is 16.1 Å². The Hall–Kier alpha value is -1.45. The third-order valence-corrected chi connectivity index (χ3v) is 1.99. The molecule has 0 aliphatic carbocycles. The molecule has 1 aromatic rings. The SMILES string of the molecule is CC(C)(CC(=O)O)c1ncccc1F. The van der Waals surface area contributed by atoms with E-state index >= 15 is 0 Å². The molecule has 0 spiro atoms. The largest absolute Gasteiger partial charge is 0.481 e. The summed E-state index contributed by atoms with van der Waals surface area (Å²) in [6, 6.07) is 2.77. The molecule has 0 aliphatic heterocycles. The van der Waals surface area contributed by atoms with Crippen LogP contribution in [0.2, 0.25) is 0 Å². The van der Waals surface area contributed by atoms with Crippen LogP contribution in [0.3, 0.4) is 0 Å². The minimum absolute atomic E-state index is 0.138. The smallest absolute Gasteiger partial charge is 0.304 e. The highest BCUT2D eigenvalue weighted by molar-refractivity contribution is 5.68. The number of halogens is 1. The topological polar surface area (TPSA) is 50.2 Å². The normalized spacial score (nSPS) is 11.4. The number of carboxylic acids is 1. The molecule has 0 saturated carbocycles. The summed E-state index contributed by atoms with van der Waals surface area (Å²) < 4.78 is 13.3. The van der Waals surface area contributed by atoms with Crippen molar-refractivity contribution < 1.29 is 14.3 Å². The summed E-state index contributed by atoms with van der Waals surface area (Å²) in [5.74, 6) is -1.42. The Kier molecular flexibility index (Phi) is 2.84. The number of hydrogen-bond acceptors (Lipinski definition) is 2. The van der Waals surface area contributed by atoms with E-state index in [9.17, 15) is 9.18 Å². The molecule has 0 atom stereocenters. The van der Waals surface area contributed by atoms with Crippen LogP contribution in [0.25, 0.3) is 0 Å². The average Bonchev–Trinajstić information content (AvgIpc) is 2.02. The van der Waals surface area contributed by atoms with Gasteiger partial charge >= 0.3 is 5.97 Å². The monoisotopic (exact) mass is 197 g/mol. The van der Waals surface area contributed by atoms with Crippen molar-refractivity contribution >= 4 is 5.97 Å². The van der Waals surface area contributed by atoms with Gasteiger partial charge in [0.2, 0.25) is 0 Å². The predicted octanol–water partition coefficient (Wildman–Crippen LogP) is 1.97. The zero-order chi connectivity index (χ0) is 10.8. The van der Waals surface area contributed by atoms with E-state index in [0.29, 0.717) is 0 Å². The lowest BCUT2D eigenvalue weighted by Crippen LogP contribution is -2.24. The number of aromatic nitrogens is 1. The number of aliphatic carboxylic acids is 1. The lowest BCUT2D eigenvalue weighted by atomic mass is 9.85. The molecule has 0 saturated heterocycles. The lowest BCUT2D eigenvalue weighted by Gasteiger charge is -2.21. The van der Waals surface area contributed by atoms with Crippen LogP contribution in [0.15, 0.2) is 18.3 Å². The molecule has 0 unspecified atom stereocenters. The highest BCUT2D eigenvalue weighted by Gasteiger charge is 2.28. The van der Waals surface area contributed by atoms with Crippen molar-refractivity contribution in [2.75, 3.05) is 0 Å². The Morgan fingerprint density at radius 2 is 2.29 bits per heavy atom. The molecule has 0 amide bonds. The molecular formula is C10H12FNO2. The van der Waals surface area contributed by atoms with Crippen LogP contribution >= 0.6 is 0 Å². The summed E-state index contributed by atoms with van der Waals surface area (Å²) in [5, 5.41) is 8.65. The number of hydrogen-bond donors (Lipinski definition) is 1. The molecule has 1 rings (SSSR count). The van der Waals surface area contributed by atoms with Crippen LogP contribution in [0, 0.1) is 5.82 Å². The zero-order valence-corrected chi connectivity index (χ0v) is 8.12. The van der Waals surface area contributed by atoms with Crippen LogP contribution < -0.4 is 0 Å². The van der Waals surface area contributed by atoms with Gasteiger partial charge in [0.05, 0.1) is 12.1 Å². The molecule has 0 fully saturated rings. The summed E-state index contributed by atoms with van der Waals surface area (Å²) >= 11 is 0. The van der Waals surface area contributed by atoms with E-state index in [1.165, 1.54) is 18.3 Å². The van der Waals surface area contributed by atoms with Gasteiger partial charge in [-0.15, -0.1) is 0 Å². The van der Waals surface area contributed by atoms with Crippen molar-refractivity contribution in [2.45, 2.75) is 25.7 Å². The molecule has 3 nitrogen and oxygen atoms in total. The van der Waals surface area contributed by atoms with Gasteiger partial charge in [-0.2, -0.15) is 0 Å². The quantitative estimate of drug-likeness (QED) is 0.805. The molecule has 0 aliphatic rings. The molecule has 14 heavy (non-hydrogen) atoms. The molecular weight excluding hydrogens is 185 g/mol. The first-order valence-electron chi connectivity index (χ1n) is 4.26. The summed E-state index contributed by atoms with van der Waals surface area (Å²) in [7, 11) is 0. The van der Waals surface area contributed by atoms with Crippen molar-refractivity contribution in [3.05, 3.63) is 29.8 Å². The van der Waals surface area contributed by atoms with Crippen LogP contribution in [0.4, 0.5) is 4.39 Å². The molecule has 76 valence electrons. The lowest BCUT2D eigenvalue weighted by molar-refractivity contribution is -0.138. The van der Waals surface area contributed by atoms with Crippen molar-refractivity contribution in [1.29, 1.82) is 0 Å². The average molecular weight is 197 g/mol. The van der Waals surface area contributed by atoms with E-state index in [0.717, 1.165) is 0 Å². The van der Waals surface area contributed by atoms with Gasteiger partial charge in [-0.05, 0) is 12.1 Å². The van der Waals surface area contributed by atoms with Crippen molar-refractivity contribution in [2.24, 2.45) is 0 Å². The van der Waals surface area contributed by atoms with Crippen molar-refractivity contribution in [3.8, 4) is 0 Å². The van der Waals surface area contributed by atoms with E-state index in [1.54, 1.807) is 13.8 Å². The molecule has 4 heteroatoms. The maximum absolute atomic E-state index is 13.3. The first-order valence-corrected chi connectivity index (χ1v) is 4.26. The number of rotatable bonds is 3. The molecule has 0 aromatic carbocycles. The maximum atomic E-state index is 13.3. The van der Waals surface area contributed by atoms with Gasteiger partial charge in [-0.3, -0.25) is 9.78 Å². The van der Waals surface area contributed by atoms with Gasteiger partial charge < -0.3 is 5.11 Å². The second kappa shape index (κ2) is 3.74. The second-order valence-electron chi connectivity index (χ2n) is 3.79. The second-order valence-corrected chi connectivity index (χ2v) is 3.79. The Labute approximate surface area is 81.6 Å². The van der Waals surface area contributed by atoms with Gasteiger partial charge in [-0.1, -0.05) is 13.8 Å². The summed E-state index contributed by atoms with van der Waals surface area (Å²) in [6.07, 6.45) is 1.32. The van der Waals surface area contributed by atoms with Gasteiger partial charge in [0.1, 0.15) is 5.82 Å². The van der Waals surface area contributed by atoms with E-state index in [4.69, 9.17) is 5.11 Å². The van der Waals surface area contributed by atoms with Gasteiger partial charge in [-0.25, -0.2) is 4.39 Å². The fourth-order valence-electron chi connectivity index (χ4n) is 1.35. The van der Waals surface area contributed by atoms with Crippen molar-refractivity contribution in [3.63, 3.8) is 0 Å². The Morgan fingerprint density at radius 3 is 2.79 bits per heavy atom. The van der Waals surface area contributed by atoms with E-state index in [1.807, 2.05) is 0 Å². The number of carbonyl (C=O) groups is 1. The van der Waals surface area contributed by atoms with Gasteiger partial charge in [0.15, 0.2) is 0 Å². The molecule has 1 heterocycles. The molecule has 1 N–H and O–H groups in total. The highest BCUT2D eigenvalue weighted by Crippen LogP contribution is 2.26. The summed E-state index contributed by atoms with van der Waals surface area (Å²) in [4.78, 5) is 14.4. The fourth-order valence-corrected chi connectivity index (χ4v) is 1.35. The third-order valence-electron chi connectivity index (χ3n) is 1.99. The van der Waals surface area contributed by atoms with E-state index in [-0.39, 0.29) is 12.1 Å². The minimum Gasteiger partial charge on any atom is -0.481 e. The maximum Gasteiger partial charge on any atom is 0.304 e. The molecule has 0 bridgehead atoms. The van der Waals surface area contributed by atoms with Crippen LogP contribution in [0.5, 0.6) is 0 Å². The van der Waals surface area contributed by atoms with E-state index in [2.05, 4.69) is 4.98 Å². The Bertz CT molecular complexity index is 350. The van der Waals surface area contributed by atoms with Crippen LogP contribution in [0.1, 0.15) is 26.0 Å². The van der Waals surface area contributed by atoms with Crippen molar-refractivity contribution in [1.82, 2.24) is 4.98 Å². The number of nitrogens with zero attached hydrogens (tertiary/aromatic N) is 1. The summed E-state index contributed by atoms with van der Waals surface area (Å²) in [5.41, 5.74) is -0.584. The van der Waals surface area contributed by atoms with Gasteiger partial charge in [0.25, 0.3) is 0 Å². The zero-order valence-electron chi connectivity index (χ0n) is 8.12. The molecule has 0 radical (unpaired) electrons. The Morgan fingerprint density at radius 1 is 1.64 bits per heavy atom. The minimum atomic E-state index is -0.958. The van der Waals surface area contributed by atoms with Crippen LogP contribution in [-0.2, 0) is 10.2 Å². The first kappa shape index (κ1) is 10.6. The predicted molar refractivity (Wildman–Crippen MR) is 49.5 cm³/mol. The standard InChI is InChI=1S/C10H12FNO2/c1-10(2,6-8(13)14)9-7(11)4-3-5-12-9/h3-5H,6H2,1-2H3,(H,13,14). The number of carboxylic acid groups (broad SMARTS) is 1. The molecule has 1 aromatic heterocycles. The summed E-state index contributed by atoms with van der Waals surface area (Å²) in [6.45, 7) is 3.32. The highest BCUT2D eigenvalue weighted by atomic mass is 19.1.